The highest BCUT2D eigenvalue weighted by Crippen LogP contribution is 2.19. The van der Waals surface area contributed by atoms with Crippen LogP contribution in [0.15, 0.2) is 18.2 Å². The minimum Gasteiger partial charge on any atom is -0.483 e. The van der Waals surface area contributed by atoms with Crippen LogP contribution < -0.4 is 4.74 Å². The van der Waals surface area contributed by atoms with Gasteiger partial charge in [0.1, 0.15) is 12.3 Å². The summed E-state index contributed by atoms with van der Waals surface area (Å²) in [6, 6.07) is 5.77. The van der Waals surface area contributed by atoms with E-state index >= 15 is 0 Å². The normalized spacial score (nSPS) is 10.5. The van der Waals surface area contributed by atoms with Crippen molar-refractivity contribution in [3.05, 3.63) is 29.3 Å². The molecule has 0 spiro atoms. The second-order valence-corrected chi connectivity index (χ2v) is 5.62. The molecule has 0 heterocycles. The van der Waals surface area contributed by atoms with Crippen molar-refractivity contribution in [2.24, 2.45) is 5.92 Å². The monoisotopic (exact) mass is 293 g/mol. The lowest BCUT2D eigenvalue weighted by molar-refractivity contribution is -0.145. The van der Waals surface area contributed by atoms with Gasteiger partial charge in [-0.25, -0.2) is 0 Å². The topological polar surface area (TPSA) is 66.8 Å². The molecule has 1 rings (SSSR count). The number of carboxylic acids is 1. The summed E-state index contributed by atoms with van der Waals surface area (Å²) in [4.78, 5) is 24.3. The van der Waals surface area contributed by atoms with E-state index in [4.69, 9.17) is 9.84 Å². The van der Waals surface area contributed by atoms with E-state index in [0.29, 0.717) is 12.3 Å². The van der Waals surface area contributed by atoms with Crippen molar-refractivity contribution in [1.29, 1.82) is 0 Å². The molecule has 116 valence electrons. The largest absolute Gasteiger partial charge is 0.483 e. The van der Waals surface area contributed by atoms with Crippen LogP contribution in [0.4, 0.5) is 0 Å². The Balaban J connectivity index is 2.68. The first kappa shape index (κ1) is 17.0. The molecule has 0 aromatic heterocycles. The molecule has 0 aliphatic heterocycles. The lowest BCUT2D eigenvalue weighted by Crippen LogP contribution is -2.40. The van der Waals surface area contributed by atoms with E-state index in [0.717, 1.165) is 11.1 Å². The summed E-state index contributed by atoms with van der Waals surface area (Å²) in [7, 11) is 0. The maximum absolute atomic E-state index is 12.1. The molecule has 0 aliphatic carbocycles. The van der Waals surface area contributed by atoms with Gasteiger partial charge >= 0.3 is 5.97 Å². The quantitative estimate of drug-likeness (QED) is 0.837. The van der Waals surface area contributed by atoms with E-state index < -0.39 is 5.97 Å². The summed E-state index contributed by atoms with van der Waals surface area (Å²) in [6.45, 7) is 7.69. The first-order chi connectivity index (χ1) is 9.79. The fraction of sp³-hybridized carbons (Fsp3) is 0.500. The molecular weight excluding hydrogens is 270 g/mol. The number of rotatable bonds is 7. The van der Waals surface area contributed by atoms with Gasteiger partial charge in [-0.3, -0.25) is 9.59 Å². The number of benzene rings is 1. The first-order valence-corrected chi connectivity index (χ1v) is 6.99. The highest BCUT2D eigenvalue weighted by Gasteiger charge is 2.18. The number of carbonyl (C=O) groups excluding carboxylic acids is 1. The van der Waals surface area contributed by atoms with Crippen molar-refractivity contribution >= 4 is 11.9 Å². The molecule has 0 saturated carbocycles. The summed E-state index contributed by atoms with van der Waals surface area (Å²) >= 11 is 0. The fourth-order valence-corrected chi connectivity index (χ4v) is 1.95. The van der Waals surface area contributed by atoms with Crippen molar-refractivity contribution in [3.8, 4) is 5.75 Å². The summed E-state index contributed by atoms with van der Waals surface area (Å²) in [5, 5.41) is 8.88. The average Bonchev–Trinajstić information content (AvgIpc) is 2.37. The van der Waals surface area contributed by atoms with E-state index in [9.17, 15) is 9.59 Å². The Bertz CT molecular complexity index is 511. The van der Waals surface area contributed by atoms with Crippen molar-refractivity contribution in [1.82, 2.24) is 4.90 Å². The molecule has 0 bridgehead atoms. The van der Waals surface area contributed by atoms with Crippen LogP contribution in [-0.2, 0) is 9.59 Å². The van der Waals surface area contributed by atoms with Crippen molar-refractivity contribution in [3.63, 3.8) is 0 Å². The lowest BCUT2D eigenvalue weighted by Gasteiger charge is -2.23. The molecule has 5 nitrogen and oxygen atoms in total. The second kappa shape index (κ2) is 7.67. The van der Waals surface area contributed by atoms with Crippen LogP contribution in [0.2, 0.25) is 0 Å². The summed E-state index contributed by atoms with van der Waals surface area (Å²) in [5.41, 5.74) is 2.00. The smallest absolute Gasteiger partial charge is 0.323 e. The van der Waals surface area contributed by atoms with Crippen LogP contribution in [0.1, 0.15) is 25.0 Å². The predicted molar refractivity (Wildman–Crippen MR) is 80.5 cm³/mol. The maximum atomic E-state index is 12.1. The number of ether oxygens (including phenoxy) is 1. The number of amides is 1. The fourth-order valence-electron chi connectivity index (χ4n) is 1.95. The van der Waals surface area contributed by atoms with Gasteiger partial charge in [-0.15, -0.1) is 0 Å². The minimum atomic E-state index is -1.02. The zero-order valence-electron chi connectivity index (χ0n) is 13.0. The highest BCUT2D eigenvalue weighted by atomic mass is 16.5. The third kappa shape index (κ3) is 5.85. The van der Waals surface area contributed by atoms with Gasteiger partial charge in [-0.05, 0) is 37.0 Å². The molecule has 21 heavy (non-hydrogen) atoms. The minimum absolute atomic E-state index is 0.149. The predicted octanol–water partition coefficient (Wildman–Crippen LogP) is 2.25. The van der Waals surface area contributed by atoms with E-state index in [1.165, 1.54) is 4.90 Å². The van der Waals surface area contributed by atoms with E-state index in [1.807, 2.05) is 45.9 Å². The summed E-state index contributed by atoms with van der Waals surface area (Å²) < 4.78 is 5.54. The number of hydrogen-bond acceptors (Lipinski definition) is 3. The molecule has 0 fully saturated rings. The van der Waals surface area contributed by atoms with Crippen LogP contribution in [0.25, 0.3) is 0 Å². The lowest BCUT2D eigenvalue weighted by atomic mass is 10.1. The Hall–Kier alpha value is -2.04. The number of aryl methyl sites for hydroxylation is 2. The van der Waals surface area contributed by atoms with Crippen molar-refractivity contribution in [2.75, 3.05) is 19.7 Å². The number of hydrogen-bond donors (Lipinski definition) is 1. The Kier molecular flexibility index (Phi) is 6.21. The van der Waals surface area contributed by atoms with Crippen LogP contribution >= 0.6 is 0 Å². The molecular formula is C16H23NO4. The van der Waals surface area contributed by atoms with Crippen LogP contribution in [0, 0.1) is 19.8 Å². The molecule has 0 aliphatic rings. The van der Waals surface area contributed by atoms with E-state index in [1.54, 1.807) is 0 Å². The van der Waals surface area contributed by atoms with Gasteiger partial charge in [0.15, 0.2) is 6.61 Å². The Labute approximate surface area is 125 Å². The van der Waals surface area contributed by atoms with Crippen molar-refractivity contribution in [2.45, 2.75) is 27.7 Å². The standard InChI is InChI=1S/C16H23NO4/c1-11(2)8-17(9-16(19)20)15(18)10-21-14-7-12(3)5-6-13(14)4/h5-7,11H,8-10H2,1-4H3,(H,19,20). The highest BCUT2D eigenvalue weighted by molar-refractivity contribution is 5.82. The number of carbonyl (C=O) groups is 2. The SMILES string of the molecule is Cc1ccc(C)c(OCC(=O)N(CC(=O)O)CC(C)C)c1. The number of carboxylic acid groups (broad SMARTS) is 1. The zero-order chi connectivity index (χ0) is 16.0. The molecule has 1 aromatic rings. The molecule has 1 amide bonds. The molecule has 0 saturated heterocycles. The molecule has 0 radical (unpaired) electrons. The van der Waals surface area contributed by atoms with Gasteiger partial charge in [0.05, 0.1) is 0 Å². The third-order valence-electron chi connectivity index (χ3n) is 2.96. The molecule has 5 heteroatoms. The van der Waals surface area contributed by atoms with Crippen LogP contribution in [0.5, 0.6) is 5.75 Å². The molecule has 1 aromatic carbocycles. The van der Waals surface area contributed by atoms with Gasteiger partial charge in [-0.2, -0.15) is 0 Å². The summed E-state index contributed by atoms with van der Waals surface area (Å²) in [5.74, 6) is -0.472. The second-order valence-electron chi connectivity index (χ2n) is 5.62. The van der Waals surface area contributed by atoms with Crippen LogP contribution in [0.3, 0.4) is 0 Å². The third-order valence-corrected chi connectivity index (χ3v) is 2.96. The van der Waals surface area contributed by atoms with Gasteiger partial charge in [0.2, 0.25) is 0 Å². The van der Waals surface area contributed by atoms with Gasteiger partial charge in [0.25, 0.3) is 5.91 Å². The number of aliphatic carboxylic acids is 1. The maximum Gasteiger partial charge on any atom is 0.323 e. The van der Waals surface area contributed by atoms with Gasteiger partial charge < -0.3 is 14.7 Å². The Morgan fingerprint density at radius 3 is 2.52 bits per heavy atom. The molecule has 0 unspecified atom stereocenters. The zero-order valence-corrected chi connectivity index (χ0v) is 13.0. The molecule has 1 N–H and O–H groups in total. The van der Waals surface area contributed by atoms with E-state index in [2.05, 4.69) is 0 Å². The first-order valence-electron chi connectivity index (χ1n) is 6.99. The summed E-state index contributed by atoms with van der Waals surface area (Å²) in [6.07, 6.45) is 0. The van der Waals surface area contributed by atoms with Gasteiger partial charge in [-0.1, -0.05) is 26.0 Å². The van der Waals surface area contributed by atoms with Crippen LogP contribution in [-0.4, -0.2) is 41.6 Å². The van der Waals surface area contributed by atoms with Crippen molar-refractivity contribution < 1.29 is 19.4 Å². The van der Waals surface area contributed by atoms with Gasteiger partial charge in [0, 0.05) is 6.54 Å². The Morgan fingerprint density at radius 2 is 1.95 bits per heavy atom. The Morgan fingerprint density at radius 1 is 1.29 bits per heavy atom. The van der Waals surface area contributed by atoms with E-state index in [-0.39, 0.29) is 25.0 Å². The number of nitrogens with zero attached hydrogens (tertiary/aromatic N) is 1. The molecule has 0 atom stereocenters. The average molecular weight is 293 g/mol.